The van der Waals surface area contributed by atoms with Gasteiger partial charge in [0.1, 0.15) is 0 Å². The van der Waals surface area contributed by atoms with Crippen LogP contribution in [0.25, 0.3) is 0 Å². The first-order valence-electron chi connectivity index (χ1n) is 14.4. The number of hydrogen-bond donors (Lipinski definition) is 1. The first kappa shape index (κ1) is 26.9. The van der Waals surface area contributed by atoms with E-state index in [-0.39, 0.29) is 54.4 Å². The second kappa shape index (κ2) is 11.0. The number of aryl methyl sites for hydroxylation is 2. The summed E-state index contributed by atoms with van der Waals surface area (Å²) >= 11 is 0. The molecule has 41 heavy (non-hydrogen) atoms. The van der Waals surface area contributed by atoms with Gasteiger partial charge in [0.05, 0.1) is 11.8 Å². The van der Waals surface area contributed by atoms with Gasteiger partial charge < -0.3 is 10.1 Å². The van der Waals surface area contributed by atoms with Crippen LogP contribution in [-0.4, -0.2) is 41.7 Å². The summed E-state index contributed by atoms with van der Waals surface area (Å²) < 4.78 is 5.15. The van der Waals surface area contributed by atoms with Gasteiger partial charge >= 0.3 is 5.97 Å². The number of ether oxygens (including phenoxy) is 1. The minimum Gasteiger partial charge on any atom is -0.456 e. The number of likely N-dealkylation sites (tertiary alicyclic amines) is 1. The van der Waals surface area contributed by atoms with E-state index >= 15 is 0 Å². The lowest BCUT2D eigenvalue weighted by Crippen LogP contribution is -2.41. The van der Waals surface area contributed by atoms with Crippen LogP contribution < -0.4 is 5.32 Å². The number of benzene rings is 3. The highest BCUT2D eigenvalue weighted by atomic mass is 16.5. The maximum absolute atomic E-state index is 13.6. The molecule has 0 saturated carbocycles. The van der Waals surface area contributed by atoms with Gasteiger partial charge in [-0.05, 0) is 66.1 Å². The Morgan fingerprint density at radius 3 is 1.90 bits per heavy atom. The van der Waals surface area contributed by atoms with E-state index in [1.54, 1.807) is 0 Å². The largest absolute Gasteiger partial charge is 0.456 e. The van der Waals surface area contributed by atoms with Crippen molar-refractivity contribution < 1.29 is 23.9 Å². The molecule has 2 atom stereocenters. The van der Waals surface area contributed by atoms with E-state index in [2.05, 4.69) is 29.6 Å². The molecule has 1 heterocycles. The fraction of sp³-hybridized carbons (Fsp3) is 0.353. The quantitative estimate of drug-likeness (QED) is 0.224. The van der Waals surface area contributed by atoms with Gasteiger partial charge in [-0.1, -0.05) is 67.1 Å². The number of carbonyl (C=O) groups excluding carboxylic acids is 4. The lowest BCUT2D eigenvalue weighted by molar-refractivity contribution is -0.147. The number of anilines is 1. The van der Waals surface area contributed by atoms with E-state index in [0.29, 0.717) is 31.5 Å². The van der Waals surface area contributed by atoms with Gasteiger partial charge in [-0.15, -0.1) is 0 Å². The van der Waals surface area contributed by atoms with Crippen molar-refractivity contribution in [1.82, 2.24) is 4.90 Å². The number of unbranched alkanes of at least 4 members (excludes halogenated alkanes) is 2. The summed E-state index contributed by atoms with van der Waals surface area (Å²) in [5.74, 6) is -1.88. The van der Waals surface area contributed by atoms with E-state index in [9.17, 15) is 19.2 Å². The van der Waals surface area contributed by atoms with Crippen LogP contribution in [-0.2, 0) is 23.9 Å². The Bertz CT molecular complexity index is 1430. The van der Waals surface area contributed by atoms with Gasteiger partial charge in [-0.25, -0.2) is 0 Å². The molecule has 7 heteroatoms. The predicted molar refractivity (Wildman–Crippen MR) is 154 cm³/mol. The number of esters is 1. The van der Waals surface area contributed by atoms with Crippen LogP contribution in [0, 0.1) is 25.7 Å². The van der Waals surface area contributed by atoms with Crippen LogP contribution in [0.15, 0.2) is 66.7 Å². The highest BCUT2D eigenvalue weighted by Crippen LogP contribution is 2.60. The number of nitrogens with one attached hydrogen (secondary N) is 1. The molecule has 210 valence electrons. The first-order valence-corrected chi connectivity index (χ1v) is 14.4. The van der Waals surface area contributed by atoms with Crippen LogP contribution in [0.1, 0.15) is 70.9 Å². The third kappa shape index (κ3) is 4.83. The zero-order chi connectivity index (χ0) is 28.7. The molecule has 3 aromatic carbocycles. The Labute approximate surface area is 239 Å². The molecule has 3 amide bonds. The molecule has 0 aromatic heterocycles. The van der Waals surface area contributed by atoms with Gasteiger partial charge in [0.2, 0.25) is 11.8 Å². The van der Waals surface area contributed by atoms with Gasteiger partial charge in [0.15, 0.2) is 6.61 Å². The SMILES string of the molecule is Cc1ccc(C)c(NC(=O)COC(=O)CCCCCN2C(=O)[C@@H]3C4c5ccccc5C(c5ccccc54)[C@@H]3C2=O)c1. The fourth-order valence-corrected chi connectivity index (χ4v) is 6.95. The van der Waals surface area contributed by atoms with Crippen molar-refractivity contribution in [3.05, 3.63) is 100 Å². The van der Waals surface area contributed by atoms with Crippen LogP contribution in [0.5, 0.6) is 0 Å². The van der Waals surface area contributed by atoms with Crippen molar-refractivity contribution in [3.63, 3.8) is 0 Å². The van der Waals surface area contributed by atoms with Crippen molar-refractivity contribution in [1.29, 1.82) is 0 Å². The Kier molecular flexibility index (Phi) is 7.20. The van der Waals surface area contributed by atoms with Gasteiger partial charge in [0.25, 0.3) is 5.91 Å². The third-order valence-electron chi connectivity index (χ3n) is 8.83. The maximum atomic E-state index is 13.6. The standard InChI is InChI=1S/C34H34N2O5/c1-20-15-16-21(2)26(18-20)35-27(37)19-41-28(38)14-4-3-9-17-36-33(39)31-29-22-10-5-6-11-23(22)30(32(31)34(36)40)25-13-8-7-12-24(25)29/h5-8,10-13,15-16,18,29-32H,3-4,9,14,17,19H2,1-2H3,(H,35,37)/t29?,30?,31-,32+. The molecule has 1 aliphatic heterocycles. The summed E-state index contributed by atoms with van der Waals surface area (Å²) in [7, 11) is 0. The molecule has 0 radical (unpaired) electrons. The average molecular weight is 551 g/mol. The predicted octanol–water partition coefficient (Wildman–Crippen LogP) is 5.24. The van der Waals surface area contributed by atoms with Crippen LogP contribution in [0.3, 0.4) is 0 Å². The summed E-state index contributed by atoms with van der Waals surface area (Å²) in [6.45, 7) is 3.86. The third-order valence-corrected chi connectivity index (χ3v) is 8.83. The minimum absolute atomic E-state index is 0.0757. The molecule has 7 rings (SSSR count). The van der Waals surface area contributed by atoms with Crippen molar-refractivity contribution in [2.75, 3.05) is 18.5 Å². The van der Waals surface area contributed by atoms with Gasteiger partial charge in [-0.2, -0.15) is 0 Å². The minimum atomic E-state index is -0.437. The number of amides is 3. The summed E-state index contributed by atoms with van der Waals surface area (Å²) in [5, 5.41) is 2.78. The van der Waals surface area contributed by atoms with Crippen LogP contribution in [0.2, 0.25) is 0 Å². The van der Waals surface area contributed by atoms with E-state index < -0.39 is 5.97 Å². The smallest absolute Gasteiger partial charge is 0.306 e. The average Bonchev–Trinajstić information content (AvgIpc) is 3.23. The second-order valence-corrected chi connectivity index (χ2v) is 11.4. The monoisotopic (exact) mass is 550 g/mol. The summed E-state index contributed by atoms with van der Waals surface area (Å²) in [6.07, 6.45) is 2.03. The second-order valence-electron chi connectivity index (χ2n) is 11.4. The molecular weight excluding hydrogens is 516 g/mol. The molecule has 3 aromatic rings. The number of hydrogen-bond acceptors (Lipinski definition) is 5. The van der Waals surface area contributed by atoms with Crippen molar-refractivity contribution in [2.45, 2.75) is 51.4 Å². The number of imide groups is 1. The van der Waals surface area contributed by atoms with E-state index in [1.807, 2.05) is 56.3 Å². The Morgan fingerprint density at radius 1 is 0.780 bits per heavy atom. The van der Waals surface area contributed by atoms with Gasteiger partial charge in [0, 0.05) is 30.5 Å². The zero-order valence-electron chi connectivity index (χ0n) is 23.4. The highest BCUT2D eigenvalue weighted by Gasteiger charge is 2.61. The molecule has 1 saturated heterocycles. The Balaban J connectivity index is 0.999. The molecule has 4 aliphatic rings. The molecule has 1 fully saturated rings. The van der Waals surface area contributed by atoms with E-state index in [0.717, 1.165) is 11.1 Å². The number of rotatable bonds is 9. The fourth-order valence-electron chi connectivity index (χ4n) is 6.95. The van der Waals surface area contributed by atoms with Gasteiger partial charge in [-0.3, -0.25) is 24.1 Å². The highest BCUT2D eigenvalue weighted by molar-refractivity contribution is 6.07. The van der Waals surface area contributed by atoms with Crippen molar-refractivity contribution in [2.24, 2.45) is 11.8 Å². The molecule has 2 bridgehead atoms. The lowest BCUT2D eigenvalue weighted by atomic mass is 9.55. The van der Waals surface area contributed by atoms with Crippen LogP contribution in [0.4, 0.5) is 5.69 Å². The molecule has 0 unspecified atom stereocenters. The van der Waals surface area contributed by atoms with E-state index in [4.69, 9.17) is 4.74 Å². The molecule has 1 N–H and O–H groups in total. The van der Waals surface area contributed by atoms with Crippen molar-refractivity contribution in [3.8, 4) is 0 Å². The Hall–Kier alpha value is -4.26. The van der Waals surface area contributed by atoms with Crippen LogP contribution >= 0.6 is 0 Å². The number of carbonyl (C=O) groups is 4. The topological polar surface area (TPSA) is 92.8 Å². The molecular formula is C34H34N2O5. The summed E-state index contributed by atoms with van der Waals surface area (Å²) in [4.78, 5) is 53.1. The molecule has 7 nitrogen and oxygen atoms in total. The van der Waals surface area contributed by atoms with E-state index in [1.165, 1.54) is 27.2 Å². The summed E-state index contributed by atoms with van der Waals surface area (Å²) in [5.41, 5.74) is 7.34. The lowest BCUT2D eigenvalue weighted by Gasteiger charge is -2.45. The normalized spacial score (nSPS) is 21.8. The molecule has 3 aliphatic carbocycles. The first-order chi connectivity index (χ1) is 19.8. The zero-order valence-corrected chi connectivity index (χ0v) is 23.4. The maximum Gasteiger partial charge on any atom is 0.306 e. The summed E-state index contributed by atoms with van der Waals surface area (Å²) in [6, 6.07) is 22.2. The Morgan fingerprint density at radius 2 is 1.34 bits per heavy atom. The van der Waals surface area contributed by atoms with Crippen molar-refractivity contribution >= 4 is 29.4 Å². The number of nitrogens with zero attached hydrogens (tertiary/aromatic N) is 1. The molecule has 0 spiro atoms.